The van der Waals surface area contributed by atoms with Crippen molar-refractivity contribution in [1.29, 1.82) is 0 Å². The molecule has 0 unspecified atom stereocenters. The average molecular weight is 343 g/mol. The SMILES string of the molecule is CCN(C(=O)c1ccc(C(F)(F)F)cc1)c1cccc2ccccc12. The standard InChI is InChI=1S/C20H16F3NO/c1-2-24(18-9-5-7-14-6-3-4-8-17(14)18)19(25)15-10-12-16(13-11-15)20(21,22)23/h3-13H,2H2,1H3. The second-order valence-corrected chi connectivity index (χ2v) is 5.62. The molecule has 2 nitrogen and oxygen atoms in total. The van der Waals surface area contributed by atoms with E-state index in [1.807, 2.05) is 49.4 Å². The van der Waals surface area contributed by atoms with Crippen molar-refractivity contribution in [3.05, 3.63) is 77.9 Å². The molecule has 0 fully saturated rings. The third-order valence-electron chi connectivity index (χ3n) is 4.08. The summed E-state index contributed by atoms with van der Waals surface area (Å²) in [5.41, 5.74) is 0.200. The molecule has 0 aromatic heterocycles. The van der Waals surface area contributed by atoms with E-state index >= 15 is 0 Å². The van der Waals surface area contributed by atoms with Crippen LogP contribution < -0.4 is 4.90 Å². The molecule has 0 heterocycles. The highest BCUT2D eigenvalue weighted by Gasteiger charge is 2.30. The van der Waals surface area contributed by atoms with Gasteiger partial charge in [-0.15, -0.1) is 0 Å². The zero-order chi connectivity index (χ0) is 18.0. The average Bonchev–Trinajstić information content (AvgIpc) is 2.62. The fourth-order valence-electron chi connectivity index (χ4n) is 2.82. The smallest absolute Gasteiger partial charge is 0.308 e. The number of nitrogens with zero attached hydrogens (tertiary/aromatic N) is 1. The normalized spacial score (nSPS) is 11.5. The number of carbonyl (C=O) groups is 1. The Kier molecular flexibility index (Phi) is 4.49. The molecular formula is C20H16F3NO. The summed E-state index contributed by atoms with van der Waals surface area (Å²) in [6.45, 7) is 2.25. The lowest BCUT2D eigenvalue weighted by molar-refractivity contribution is -0.137. The van der Waals surface area contributed by atoms with Crippen LogP contribution in [0.15, 0.2) is 66.7 Å². The summed E-state index contributed by atoms with van der Waals surface area (Å²) in [5.74, 6) is -0.326. The first-order valence-electron chi connectivity index (χ1n) is 7.88. The van der Waals surface area contributed by atoms with Gasteiger partial charge >= 0.3 is 6.18 Å². The molecule has 0 atom stereocenters. The highest BCUT2D eigenvalue weighted by molar-refractivity contribution is 6.10. The number of benzene rings is 3. The number of halogens is 3. The van der Waals surface area contributed by atoms with E-state index in [1.165, 1.54) is 12.1 Å². The fourth-order valence-corrected chi connectivity index (χ4v) is 2.82. The van der Waals surface area contributed by atoms with Gasteiger partial charge in [-0.2, -0.15) is 13.2 Å². The van der Waals surface area contributed by atoms with E-state index in [0.717, 1.165) is 28.6 Å². The van der Waals surface area contributed by atoms with Gasteiger partial charge in [0.05, 0.1) is 11.3 Å². The summed E-state index contributed by atoms with van der Waals surface area (Å²) in [7, 11) is 0. The summed E-state index contributed by atoms with van der Waals surface area (Å²) in [6.07, 6.45) is -4.42. The number of rotatable bonds is 3. The lowest BCUT2D eigenvalue weighted by atomic mass is 10.1. The number of anilines is 1. The van der Waals surface area contributed by atoms with Crippen molar-refractivity contribution in [2.45, 2.75) is 13.1 Å². The van der Waals surface area contributed by atoms with Gasteiger partial charge in [0, 0.05) is 17.5 Å². The van der Waals surface area contributed by atoms with Crippen molar-refractivity contribution in [2.75, 3.05) is 11.4 Å². The van der Waals surface area contributed by atoms with Gasteiger partial charge in [0.15, 0.2) is 0 Å². The molecule has 0 aliphatic carbocycles. The first-order chi connectivity index (χ1) is 11.9. The predicted molar refractivity (Wildman–Crippen MR) is 92.7 cm³/mol. The number of carbonyl (C=O) groups excluding carboxylic acids is 1. The molecule has 25 heavy (non-hydrogen) atoms. The molecule has 0 saturated carbocycles. The summed E-state index contributed by atoms with van der Waals surface area (Å²) >= 11 is 0. The molecule has 0 N–H and O–H groups in total. The minimum Gasteiger partial charge on any atom is -0.308 e. The molecule has 0 aliphatic heterocycles. The van der Waals surface area contributed by atoms with Gasteiger partial charge in [0.25, 0.3) is 5.91 Å². The zero-order valence-corrected chi connectivity index (χ0v) is 13.5. The first-order valence-corrected chi connectivity index (χ1v) is 7.88. The van der Waals surface area contributed by atoms with Crippen LogP contribution in [0, 0.1) is 0 Å². The lowest BCUT2D eigenvalue weighted by Crippen LogP contribution is -2.30. The van der Waals surface area contributed by atoms with Gasteiger partial charge in [0.1, 0.15) is 0 Å². The van der Waals surface area contributed by atoms with Crippen molar-refractivity contribution >= 4 is 22.4 Å². The quantitative estimate of drug-likeness (QED) is 0.613. The highest BCUT2D eigenvalue weighted by atomic mass is 19.4. The van der Waals surface area contributed by atoms with Crippen LogP contribution in [-0.2, 0) is 6.18 Å². The second-order valence-electron chi connectivity index (χ2n) is 5.62. The lowest BCUT2D eigenvalue weighted by Gasteiger charge is -2.23. The van der Waals surface area contributed by atoms with Gasteiger partial charge in [-0.1, -0.05) is 36.4 Å². The Morgan fingerprint density at radius 3 is 2.20 bits per heavy atom. The molecule has 128 valence electrons. The molecule has 3 aromatic rings. The summed E-state index contributed by atoms with van der Waals surface area (Å²) in [4.78, 5) is 14.4. The molecular weight excluding hydrogens is 327 g/mol. The van der Waals surface area contributed by atoms with Gasteiger partial charge in [0.2, 0.25) is 0 Å². The van der Waals surface area contributed by atoms with Crippen LogP contribution in [0.25, 0.3) is 10.8 Å². The molecule has 5 heteroatoms. The van der Waals surface area contributed by atoms with Crippen LogP contribution in [-0.4, -0.2) is 12.5 Å². The minimum atomic E-state index is -4.42. The van der Waals surface area contributed by atoms with Gasteiger partial charge in [-0.25, -0.2) is 0 Å². The van der Waals surface area contributed by atoms with Crippen molar-refractivity contribution < 1.29 is 18.0 Å². The van der Waals surface area contributed by atoms with E-state index in [4.69, 9.17) is 0 Å². The largest absolute Gasteiger partial charge is 0.416 e. The zero-order valence-electron chi connectivity index (χ0n) is 13.5. The molecule has 0 saturated heterocycles. The number of alkyl halides is 3. The van der Waals surface area contributed by atoms with E-state index in [1.54, 1.807) is 4.90 Å². The third-order valence-corrected chi connectivity index (χ3v) is 4.08. The van der Waals surface area contributed by atoms with Crippen molar-refractivity contribution in [1.82, 2.24) is 0 Å². The molecule has 3 rings (SSSR count). The van der Waals surface area contributed by atoms with Crippen LogP contribution in [0.5, 0.6) is 0 Å². The molecule has 0 bridgehead atoms. The molecule has 0 radical (unpaired) electrons. The van der Waals surface area contributed by atoms with Crippen LogP contribution in [0.3, 0.4) is 0 Å². The van der Waals surface area contributed by atoms with Gasteiger partial charge < -0.3 is 4.90 Å². The number of fused-ring (bicyclic) bond motifs is 1. The maximum absolute atomic E-state index is 12.8. The van der Waals surface area contributed by atoms with E-state index in [2.05, 4.69) is 0 Å². The monoisotopic (exact) mass is 343 g/mol. The third kappa shape index (κ3) is 3.36. The summed E-state index contributed by atoms with van der Waals surface area (Å²) in [5, 5.41) is 1.92. The maximum Gasteiger partial charge on any atom is 0.416 e. The summed E-state index contributed by atoms with van der Waals surface area (Å²) in [6, 6.07) is 17.7. The first kappa shape index (κ1) is 17.0. The Hall–Kier alpha value is -2.82. The Balaban J connectivity index is 1.99. The molecule has 1 amide bonds. The topological polar surface area (TPSA) is 20.3 Å². The Morgan fingerprint density at radius 1 is 0.920 bits per heavy atom. The molecule has 0 aliphatic rings. The number of hydrogen-bond donors (Lipinski definition) is 0. The minimum absolute atomic E-state index is 0.225. The Labute approximate surface area is 143 Å². The predicted octanol–water partition coefficient (Wildman–Crippen LogP) is 5.53. The van der Waals surface area contributed by atoms with Crippen molar-refractivity contribution in [2.24, 2.45) is 0 Å². The summed E-state index contributed by atoms with van der Waals surface area (Å²) < 4.78 is 38.1. The van der Waals surface area contributed by atoms with E-state index < -0.39 is 11.7 Å². The van der Waals surface area contributed by atoms with E-state index in [-0.39, 0.29) is 11.5 Å². The van der Waals surface area contributed by atoms with Crippen molar-refractivity contribution in [3.63, 3.8) is 0 Å². The molecule has 3 aromatic carbocycles. The van der Waals surface area contributed by atoms with Gasteiger partial charge in [-0.05, 0) is 42.6 Å². The van der Waals surface area contributed by atoms with Crippen LogP contribution in [0.1, 0.15) is 22.8 Å². The van der Waals surface area contributed by atoms with Crippen LogP contribution in [0.4, 0.5) is 18.9 Å². The van der Waals surface area contributed by atoms with E-state index in [9.17, 15) is 18.0 Å². The Morgan fingerprint density at radius 2 is 1.56 bits per heavy atom. The van der Waals surface area contributed by atoms with Gasteiger partial charge in [-0.3, -0.25) is 4.79 Å². The van der Waals surface area contributed by atoms with Crippen LogP contribution >= 0.6 is 0 Å². The molecule has 0 spiro atoms. The second kappa shape index (κ2) is 6.59. The van der Waals surface area contributed by atoms with Crippen LogP contribution in [0.2, 0.25) is 0 Å². The maximum atomic E-state index is 12.8. The number of amides is 1. The number of hydrogen-bond acceptors (Lipinski definition) is 1. The Bertz CT molecular complexity index is 895. The fraction of sp³-hybridized carbons (Fsp3) is 0.150. The highest BCUT2D eigenvalue weighted by Crippen LogP contribution is 2.30. The van der Waals surface area contributed by atoms with E-state index in [0.29, 0.717) is 6.54 Å². The van der Waals surface area contributed by atoms with Crippen molar-refractivity contribution in [3.8, 4) is 0 Å².